The number of aliphatic hydroxyl groups is 1. The van der Waals surface area contributed by atoms with Crippen LogP contribution in [0.4, 0.5) is 4.79 Å². The smallest absolute Gasteiger partial charge is 0.407 e. The molecule has 0 radical (unpaired) electrons. The Labute approximate surface area is 224 Å². The van der Waals surface area contributed by atoms with Crippen molar-refractivity contribution in [2.75, 3.05) is 13.2 Å². The maximum atomic E-state index is 12.8. The van der Waals surface area contributed by atoms with Crippen LogP contribution in [0.3, 0.4) is 0 Å². The van der Waals surface area contributed by atoms with Gasteiger partial charge in [-0.25, -0.2) is 9.59 Å². The maximum Gasteiger partial charge on any atom is 0.407 e. The van der Waals surface area contributed by atoms with Gasteiger partial charge >= 0.3 is 18.0 Å². The van der Waals surface area contributed by atoms with Gasteiger partial charge in [-0.2, -0.15) is 0 Å². The number of ether oxygens (including phenoxy) is 2. The molecule has 1 unspecified atom stereocenters. The van der Waals surface area contributed by atoms with Crippen LogP contribution >= 0.6 is 0 Å². The molecule has 4 rings (SSSR count). The van der Waals surface area contributed by atoms with E-state index in [1.165, 1.54) is 0 Å². The monoisotopic (exact) mass is 532 g/mol. The lowest BCUT2D eigenvalue weighted by Crippen LogP contribution is -2.53. The van der Waals surface area contributed by atoms with Gasteiger partial charge in [-0.15, -0.1) is 0 Å². The average Bonchev–Trinajstić information content (AvgIpc) is 3.27. The molecule has 0 saturated heterocycles. The number of aliphatic hydroxyl groups excluding tert-OH is 1. The number of carboxylic acids is 1. The SMILES string of the molecule is O=C(C[C@H](NC(=O)OCC1c2ccccc2-c2ccccc21)C(=O)NC(CO)C(=O)O)OCc1ccccc1. The number of esters is 1. The summed E-state index contributed by atoms with van der Waals surface area (Å²) >= 11 is 0. The Bertz CT molecular complexity index is 1300. The van der Waals surface area contributed by atoms with Crippen molar-refractivity contribution < 1.29 is 38.9 Å². The van der Waals surface area contributed by atoms with Crippen LogP contribution in [0.25, 0.3) is 11.1 Å². The van der Waals surface area contributed by atoms with Crippen LogP contribution < -0.4 is 10.6 Å². The van der Waals surface area contributed by atoms with Crippen LogP contribution in [0.15, 0.2) is 78.9 Å². The molecule has 10 heteroatoms. The number of carboxylic acid groups (broad SMARTS) is 1. The summed E-state index contributed by atoms with van der Waals surface area (Å²) in [5, 5.41) is 22.9. The van der Waals surface area contributed by atoms with E-state index in [9.17, 15) is 24.3 Å². The van der Waals surface area contributed by atoms with Crippen molar-refractivity contribution in [1.29, 1.82) is 0 Å². The molecule has 0 saturated carbocycles. The Morgan fingerprint density at radius 1 is 0.769 bits per heavy atom. The summed E-state index contributed by atoms with van der Waals surface area (Å²) in [6.07, 6.45) is -1.55. The van der Waals surface area contributed by atoms with E-state index in [0.717, 1.165) is 27.8 Å². The predicted octanol–water partition coefficient (Wildman–Crippen LogP) is 2.59. The zero-order valence-corrected chi connectivity index (χ0v) is 20.9. The topological polar surface area (TPSA) is 151 Å². The molecule has 39 heavy (non-hydrogen) atoms. The van der Waals surface area contributed by atoms with Crippen LogP contribution in [0.1, 0.15) is 29.0 Å². The van der Waals surface area contributed by atoms with Gasteiger partial charge in [-0.3, -0.25) is 9.59 Å². The molecule has 3 aromatic rings. The van der Waals surface area contributed by atoms with Gasteiger partial charge in [0.25, 0.3) is 0 Å². The van der Waals surface area contributed by atoms with Crippen LogP contribution in [0, 0.1) is 0 Å². The van der Waals surface area contributed by atoms with Gasteiger partial charge in [0.2, 0.25) is 5.91 Å². The van der Waals surface area contributed by atoms with Gasteiger partial charge < -0.3 is 30.3 Å². The Kier molecular flexibility index (Phi) is 8.90. The summed E-state index contributed by atoms with van der Waals surface area (Å²) in [6.45, 7) is -0.953. The molecular weight excluding hydrogens is 504 g/mol. The highest BCUT2D eigenvalue weighted by Gasteiger charge is 2.31. The first kappa shape index (κ1) is 27.3. The summed E-state index contributed by atoms with van der Waals surface area (Å²) in [6, 6.07) is 21.3. The van der Waals surface area contributed by atoms with Crippen molar-refractivity contribution in [3.05, 3.63) is 95.6 Å². The van der Waals surface area contributed by atoms with E-state index in [0.29, 0.717) is 0 Å². The molecule has 0 aromatic heterocycles. The van der Waals surface area contributed by atoms with Crippen LogP contribution in [0.5, 0.6) is 0 Å². The standard InChI is InChI=1S/C29H28N2O8/c32-15-25(28(35)36)30-27(34)24(14-26(33)38-16-18-8-2-1-3-9-18)31-29(37)39-17-23-21-12-6-4-10-19(21)20-11-5-7-13-22(20)23/h1-13,23-25,32H,14-17H2,(H,30,34)(H,31,37)(H,35,36)/t24-,25?/m0/s1. The largest absolute Gasteiger partial charge is 0.480 e. The highest BCUT2D eigenvalue weighted by atomic mass is 16.5. The molecule has 3 aromatic carbocycles. The first-order valence-corrected chi connectivity index (χ1v) is 12.3. The number of nitrogens with one attached hydrogen (secondary N) is 2. The Morgan fingerprint density at radius 2 is 1.36 bits per heavy atom. The number of carbonyl (C=O) groups is 4. The van der Waals surface area contributed by atoms with Crippen molar-refractivity contribution in [1.82, 2.24) is 10.6 Å². The van der Waals surface area contributed by atoms with Crippen LogP contribution in [-0.4, -0.2) is 59.4 Å². The number of rotatable bonds is 11. The third-order valence-electron chi connectivity index (χ3n) is 6.36. The number of alkyl carbamates (subject to hydrolysis) is 1. The molecule has 2 atom stereocenters. The van der Waals surface area contributed by atoms with Crippen LogP contribution in [-0.2, 0) is 30.5 Å². The fraction of sp³-hybridized carbons (Fsp3) is 0.241. The molecule has 4 N–H and O–H groups in total. The minimum Gasteiger partial charge on any atom is -0.480 e. The van der Waals surface area contributed by atoms with Crippen molar-refractivity contribution in [2.45, 2.75) is 31.0 Å². The van der Waals surface area contributed by atoms with E-state index in [4.69, 9.17) is 14.6 Å². The van der Waals surface area contributed by atoms with Crippen molar-refractivity contribution in [3.8, 4) is 11.1 Å². The molecule has 0 fully saturated rings. The summed E-state index contributed by atoms with van der Waals surface area (Å²) in [5.41, 5.74) is 4.81. The lowest BCUT2D eigenvalue weighted by atomic mass is 9.98. The summed E-state index contributed by atoms with van der Waals surface area (Å²) in [5.74, 6) is -3.48. The zero-order chi connectivity index (χ0) is 27.8. The summed E-state index contributed by atoms with van der Waals surface area (Å²) in [7, 11) is 0. The van der Waals surface area contributed by atoms with E-state index in [-0.39, 0.29) is 19.1 Å². The van der Waals surface area contributed by atoms with Gasteiger partial charge in [0.1, 0.15) is 25.3 Å². The molecular formula is C29H28N2O8. The quantitative estimate of drug-likeness (QED) is 0.275. The van der Waals surface area contributed by atoms with Gasteiger partial charge in [0, 0.05) is 5.92 Å². The normalized spacial score (nSPS) is 13.4. The van der Waals surface area contributed by atoms with Crippen LogP contribution in [0.2, 0.25) is 0 Å². The molecule has 202 valence electrons. The van der Waals surface area contributed by atoms with Crippen molar-refractivity contribution >= 4 is 23.9 Å². The molecule has 0 spiro atoms. The van der Waals surface area contributed by atoms with E-state index < -0.39 is 49.1 Å². The van der Waals surface area contributed by atoms with E-state index in [2.05, 4.69) is 10.6 Å². The number of hydrogen-bond acceptors (Lipinski definition) is 7. The number of fused-ring (bicyclic) bond motifs is 3. The summed E-state index contributed by atoms with van der Waals surface area (Å²) in [4.78, 5) is 49.3. The van der Waals surface area contributed by atoms with Gasteiger partial charge in [0.15, 0.2) is 0 Å². The maximum absolute atomic E-state index is 12.8. The minimum absolute atomic E-state index is 0.0267. The highest BCUT2D eigenvalue weighted by molar-refractivity contribution is 5.92. The first-order valence-electron chi connectivity index (χ1n) is 12.3. The number of amides is 2. The number of hydrogen-bond donors (Lipinski definition) is 4. The number of carbonyl (C=O) groups excluding carboxylic acids is 3. The second kappa shape index (κ2) is 12.7. The van der Waals surface area contributed by atoms with Gasteiger partial charge in [-0.05, 0) is 27.8 Å². The lowest BCUT2D eigenvalue weighted by molar-refractivity contribution is -0.147. The number of aliphatic carboxylic acids is 1. The highest BCUT2D eigenvalue weighted by Crippen LogP contribution is 2.44. The lowest BCUT2D eigenvalue weighted by Gasteiger charge is -2.21. The number of benzene rings is 3. The Morgan fingerprint density at radius 3 is 1.95 bits per heavy atom. The zero-order valence-electron chi connectivity index (χ0n) is 20.9. The third-order valence-corrected chi connectivity index (χ3v) is 6.36. The Hall–Kier alpha value is -4.70. The van der Waals surface area contributed by atoms with Gasteiger partial charge in [-0.1, -0.05) is 78.9 Å². The summed E-state index contributed by atoms with van der Waals surface area (Å²) < 4.78 is 10.7. The molecule has 1 aliphatic carbocycles. The van der Waals surface area contributed by atoms with E-state index in [1.54, 1.807) is 24.3 Å². The average molecular weight is 533 g/mol. The fourth-order valence-electron chi connectivity index (χ4n) is 4.41. The third kappa shape index (κ3) is 6.79. The second-order valence-corrected chi connectivity index (χ2v) is 8.95. The molecule has 0 heterocycles. The molecule has 0 bridgehead atoms. The minimum atomic E-state index is -1.62. The van der Waals surface area contributed by atoms with Crippen molar-refractivity contribution in [2.24, 2.45) is 0 Å². The second-order valence-electron chi connectivity index (χ2n) is 8.95. The first-order chi connectivity index (χ1) is 18.9. The van der Waals surface area contributed by atoms with Crippen molar-refractivity contribution in [3.63, 3.8) is 0 Å². The fourth-order valence-corrected chi connectivity index (χ4v) is 4.41. The molecule has 2 amide bonds. The molecule has 10 nitrogen and oxygen atoms in total. The Balaban J connectivity index is 1.42. The molecule has 0 aliphatic heterocycles. The predicted molar refractivity (Wildman–Crippen MR) is 139 cm³/mol. The van der Waals surface area contributed by atoms with E-state index in [1.807, 2.05) is 54.6 Å². The molecule has 1 aliphatic rings. The van der Waals surface area contributed by atoms with Gasteiger partial charge in [0.05, 0.1) is 13.0 Å². The van der Waals surface area contributed by atoms with E-state index >= 15 is 0 Å².